The summed E-state index contributed by atoms with van der Waals surface area (Å²) in [5.74, 6) is -1.14. The number of hydrogen-bond acceptors (Lipinski definition) is 3. The summed E-state index contributed by atoms with van der Waals surface area (Å²) in [5.41, 5.74) is 1.55. The van der Waals surface area contributed by atoms with Crippen LogP contribution >= 0.6 is 0 Å². The molecule has 2 aromatic carbocycles. The Bertz CT molecular complexity index is 1120. The van der Waals surface area contributed by atoms with E-state index in [0.29, 0.717) is 30.5 Å². The highest BCUT2D eigenvalue weighted by Crippen LogP contribution is 2.34. The normalized spacial score (nSPS) is 17.9. The molecule has 1 atom stereocenters. The molecule has 1 fully saturated rings. The van der Waals surface area contributed by atoms with Gasteiger partial charge in [-0.05, 0) is 69.4 Å². The van der Waals surface area contributed by atoms with Gasteiger partial charge in [0, 0.05) is 18.8 Å². The molecule has 5 nitrogen and oxygen atoms in total. The van der Waals surface area contributed by atoms with Gasteiger partial charge in [0.15, 0.2) is 0 Å². The second-order valence-corrected chi connectivity index (χ2v) is 10.3. The molecule has 2 aromatic rings. The molecule has 1 N–H and O–H groups in total. The summed E-state index contributed by atoms with van der Waals surface area (Å²) in [6.07, 6.45) is -3.57. The monoisotopic (exact) mass is 468 g/mol. The molecule has 9 heteroatoms. The Kier molecular flexibility index (Phi) is 6.72. The number of amides is 1. The molecule has 1 aliphatic rings. The van der Waals surface area contributed by atoms with E-state index in [1.807, 2.05) is 19.1 Å². The Morgan fingerprint density at radius 3 is 2.25 bits per heavy atom. The van der Waals surface area contributed by atoms with Crippen molar-refractivity contribution in [1.29, 1.82) is 0 Å². The number of benzene rings is 2. The van der Waals surface area contributed by atoms with E-state index in [1.54, 1.807) is 13.8 Å². The minimum Gasteiger partial charge on any atom is -0.326 e. The average molecular weight is 469 g/mol. The lowest BCUT2D eigenvalue weighted by Gasteiger charge is -2.32. The highest BCUT2D eigenvalue weighted by atomic mass is 32.2. The lowest BCUT2D eigenvalue weighted by atomic mass is 9.98. The van der Waals surface area contributed by atoms with Gasteiger partial charge in [0.25, 0.3) is 0 Å². The fourth-order valence-corrected chi connectivity index (χ4v) is 6.26. The van der Waals surface area contributed by atoms with Gasteiger partial charge in [0.2, 0.25) is 15.9 Å². The zero-order chi connectivity index (χ0) is 23.8. The predicted octanol–water partition coefficient (Wildman–Crippen LogP) is 4.98. The molecule has 0 radical (unpaired) electrons. The Labute approximate surface area is 186 Å². The van der Waals surface area contributed by atoms with Crippen molar-refractivity contribution in [3.05, 3.63) is 58.1 Å². The summed E-state index contributed by atoms with van der Waals surface area (Å²) in [5, 5.41) is 2.53. The van der Waals surface area contributed by atoms with Crippen LogP contribution in [0.25, 0.3) is 0 Å². The number of piperidine rings is 1. The molecule has 1 heterocycles. The van der Waals surface area contributed by atoms with Gasteiger partial charge in [-0.15, -0.1) is 0 Å². The molecule has 0 aliphatic carbocycles. The Morgan fingerprint density at radius 2 is 1.66 bits per heavy atom. The molecular formula is C23H27F3N2O3S. The summed E-state index contributed by atoms with van der Waals surface area (Å²) in [6.45, 7) is 7.02. The van der Waals surface area contributed by atoms with Crippen molar-refractivity contribution in [2.45, 2.75) is 51.6 Å². The van der Waals surface area contributed by atoms with Crippen molar-refractivity contribution in [3.63, 3.8) is 0 Å². The van der Waals surface area contributed by atoms with E-state index in [1.165, 1.54) is 23.4 Å². The predicted molar refractivity (Wildman–Crippen MR) is 117 cm³/mol. The quantitative estimate of drug-likeness (QED) is 0.688. The first kappa shape index (κ1) is 24.3. The van der Waals surface area contributed by atoms with E-state index in [2.05, 4.69) is 5.32 Å². The summed E-state index contributed by atoms with van der Waals surface area (Å²) in [6, 6.07) is 7.24. The van der Waals surface area contributed by atoms with Crippen LogP contribution in [0, 0.1) is 33.6 Å². The van der Waals surface area contributed by atoms with E-state index >= 15 is 0 Å². The van der Waals surface area contributed by atoms with Crippen molar-refractivity contribution in [1.82, 2.24) is 4.31 Å². The zero-order valence-electron chi connectivity index (χ0n) is 18.5. The first-order chi connectivity index (χ1) is 14.8. The molecule has 1 aliphatic heterocycles. The van der Waals surface area contributed by atoms with Gasteiger partial charge in [-0.2, -0.15) is 17.5 Å². The molecule has 1 saturated heterocycles. The molecule has 0 aromatic heterocycles. The fraction of sp³-hybridized carbons (Fsp3) is 0.435. The molecule has 1 amide bonds. The maximum Gasteiger partial charge on any atom is 0.416 e. The van der Waals surface area contributed by atoms with Gasteiger partial charge >= 0.3 is 6.18 Å². The maximum atomic E-state index is 13.3. The van der Waals surface area contributed by atoms with Crippen LogP contribution in [0.1, 0.15) is 40.7 Å². The van der Waals surface area contributed by atoms with Crippen LogP contribution in [-0.4, -0.2) is 31.7 Å². The van der Waals surface area contributed by atoms with Crippen molar-refractivity contribution >= 4 is 21.6 Å². The highest BCUT2D eigenvalue weighted by Gasteiger charge is 2.36. The lowest BCUT2D eigenvalue weighted by Crippen LogP contribution is -2.44. The number of sulfonamides is 1. The topological polar surface area (TPSA) is 66.5 Å². The maximum absolute atomic E-state index is 13.3. The van der Waals surface area contributed by atoms with Crippen molar-refractivity contribution in [2.75, 3.05) is 18.4 Å². The molecular weight excluding hydrogens is 441 g/mol. The van der Waals surface area contributed by atoms with Gasteiger partial charge in [-0.1, -0.05) is 23.8 Å². The number of nitrogens with one attached hydrogen (secondary N) is 1. The number of hydrogen-bond donors (Lipinski definition) is 1. The minimum absolute atomic E-state index is 0.0150. The number of nitrogens with zero attached hydrogens (tertiary/aromatic N) is 1. The third kappa shape index (κ3) is 4.99. The van der Waals surface area contributed by atoms with Crippen molar-refractivity contribution in [2.24, 2.45) is 5.92 Å². The first-order valence-electron chi connectivity index (χ1n) is 10.4. The van der Waals surface area contributed by atoms with E-state index in [-0.39, 0.29) is 22.7 Å². The summed E-state index contributed by atoms with van der Waals surface area (Å²) < 4.78 is 67.5. The highest BCUT2D eigenvalue weighted by molar-refractivity contribution is 7.89. The van der Waals surface area contributed by atoms with Crippen LogP contribution < -0.4 is 5.32 Å². The Balaban J connectivity index is 1.80. The van der Waals surface area contributed by atoms with Crippen LogP contribution in [0.2, 0.25) is 0 Å². The summed E-state index contributed by atoms with van der Waals surface area (Å²) in [4.78, 5) is 13.0. The summed E-state index contributed by atoms with van der Waals surface area (Å²) >= 11 is 0. The molecule has 1 unspecified atom stereocenters. The lowest BCUT2D eigenvalue weighted by molar-refractivity contribution is -0.138. The SMILES string of the molecule is Cc1cc(C)c(S(=O)(=O)N2CCCC(C(=O)Nc3ccc(C)c(C(F)(F)F)c3)C2)c(C)c1. The number of carbonyl (C=O) groups is 1. The number of carbonyl (C=O) groups excluding carboxylic acids is 1. The van der Waals surface area contributed by atoms with Crippen LogP contribution in [0.4, 0.5) is 18.9 Å². The Morgan fingerprint density at radius 1 is 1.03 bits per heavy atom. The zero-order valence-corrected chi connectivity index (χ0v) is 19.3. The fourth-order valence-electron chi connectivity index (χ4n) is 4.33. The van der Waals surface area contributed by atoms with E-state index in [9.17, 15) is 26.4 Å². The smallest absolute Gasteiger partial charge is 0.326 e. The second kappa shape index (κ2) is 8.86. The molecule has 174 valence electrons. The van der Waals surface area contributed by atoms with Gasteiger partial charge in [0.1, 0.15) is 0 Å². The number of anilines is 1. The Hall–Kier alpha value is -2.39. The van der Waals surface area contributed by atoms with Crippen molar-refractivity contribution in [3.8, 4) is 0 Å². The molecule has 3 rings (SSSR count). The van der Waals surface area contributed by atoms with Crippen LogP contribution in [0.15, 0.2) is 35.2 Å². The van der Waals surface area contributed by atoms with Gasteiger partial charge in [-0.25, -0.2) is 8.42 Å². The third-order valence-electron chi connectivity index (χ3n) is 5.77. The molecule has 0 spiro atoms. The first-order valence-corrected chi connectivity index (χ1v) is 11.8. The minimum atomic E-state index is -4.52. The summed E-state index contributed by atoms with van der Waals surface area (Å²) in [7, 11) is -3.81. The van der Waals surface area contributed by atoms with Gasteiger partial charge in [0.05, 0.1) is 16.4 Å². The number of alkyl halides is 3. The number of rotatable bonds is 4. The van der Waals surface area contributed by atoms with Crippen LogP contribution in [0.5, 0.6) is 0 Å². The second-order valence-electron chi connectivity index (χ2n) is 8.45. The molecule has 0 saturated carbocycles. The van der Waals surface area contributed by atoms with Crippen LogP contribution in [-0.2, 0) is 21.0 Å². The standard InChI is InChI=1S/C23H27F3N2O3S/c1-14-10-16(3)21(17(4)11-14)32(30,31)28-9-5-6-18(13-28)22(29)27-19-8-7-15(2)20(12-19)23(24,25)26/h7-8,10-12,18H,5-6,9,13H2,1-4H3,(H,27,29). The number of halogens is 3. The third-order valence-corrected chi connectivity index (χ3v) is 7.94. The average Bonchev–Trinajstić information content (AvgIpc) is 2.67. The molecule has 32 heavy (non-hydrogen) atoms. The van der Waals surface area contributed by atoms with E-state index in [0.717, 1.165) is 11.6 Å². The van der Waals surface area contributed by atoms with E-state index < -0.39 is 33.6 Å². The van der Waals surface area contributed by atoms with E-state index in [4.69, 9.17) is 0 Å². The number of aryl methyl sites for hydroxylation is 4. The largest absolute Gasteiger partial charge is 0.416 e. The van der Waals surface area contributed by atoms with Gasteiger partial charge < -0.3 is 5.32 Å². The molecule has 0 bridgehead atoms. The van der Waals surface area contributed by atoms with Gasteiger partial charge in [-0.3, -0.25) is 4.79 Å². The van der Waals surface area contributed by atoms with Crippen molar-refractivity contribution < 1.29 is 26.4 Å². The van der Waals surface area contributed by atoms with Crippen LogP contribution in [0.3, 0.4) is 0 Å².